The monoisotopic (exact) mass is 473 g/mol. The lowest BCUT2D eigenvalue weighted by atomic mass is 9.93. The van der Waals surface area contributed by atoms with Crippen LogP contribution in [0.5, 0.6) is 0 Å². The topological polar surface area (TPSA) is 54.3 Å². The van der Waals surface area contributed by atoms with Crippen LogP contribution in [-0.2, 0) is 10.3 Å². The number of hydrogen-bond acceptors (Lipinski definition) is 4. The highest BCUT2D eigenvalue weighted by molar-refractivity contribution is 5.79. The Kier molecular flexibility index (Phi) is 7.70. The third kappa shape index (κ3) is 6.17. The van der Waals surface area contributed by atoms with E-state index in [2.05, 4.69) is 102 Å². The Morgan fingerprint density at radius 2 is 1.83 bits per heavy atom. The Bertz CT molecular complexity index is 1060. The summed E-state index contributed by atoms with van der Waals surface area (Å²) in [4.78, 5) is 17.5. The molecular weight excluding hydrogens is 434 g/mol. The summed E-state index contributed by atoms with van der Waals surface area (Å²) in [7, 11) is 0. The molecule has 1 fully saturated rings. The highest BCUT2D eigenvalue weighted by Gasteiger charge is 2.29. The Labute approximate surface area is 210 Å². The number of rotatable bonds is 7. The molecule has 0 N–H and O–H groups in total. The molecule has 0 aromatic carbocycles. The Balaban J connectivity index is 1.33. The van der Waals surface area contributed by atoms with Crippen LogP contribution in [0.3, 0.4) is 0 Å². The molecule has 0 radical (unpaired) electrons. The average Bonchev–Trinajstić information content (AvgIpc) is 3.26. The maximum atomic E-state index is 13.0. The molecule has 4 rings (SSSR count). The van der Waals surface area contributed by atoms with Gasteiger partial charge in [0.1, 0.15) is 0 Å². The molecule has 1 unspecified atom stereocenters. The first-order valence-corrected chi connectivity index (χ1v) is 12.9. The zero-order valence-electron chi connectivity index (χ0n) is 21.6. The first-order valence-electron chi connectivity index (χ1n) is 12.9. The molecule has 6 heteroatoms. The molecule has 1 aromatic heterocycles. The fourth-order valence-electron chi connectivity index (χ4n) is 4.92. The third-order valence-electron chi connectivity index (χ3n) is 7.26. The van der Waals surface area contributed by atoms with Gasteiger partial charge in [0, 0.05) is 49.4 Å². The zero-order valence-corrected chi connectivity index (χ0v) is 21.6. The molecule has 0 spiro atoms. The van der Waals surface area contributed by atoms with Crippen molar-refractivity contribution in [1.29, 1.82) is 0 Å². The quantitative estimate of drug-likeness (QED) is 0.548. The number of allylic oxidation sites excluding steroid dienone is 10. The van der Waals surface area contributed by atoms with Crippen molar-refractivity contribution in [3.8, 4) is 0 Å². The molecule has 6 nitrogen and oxygen atoms in total. The Hall–Kier alpha value is -2.99. The molecule has 3 aliphatic rings. The molecule has 2 heterocycles. The van der Waals surface area contributed by atoms with Gasteiger partial charge in [0.15, 0.2) is 0 Å². The van der Waals surface area contributed by atoms with Crippen LogP contribution in [0, 0.1) is 5.41 Å². The van der Waals surface area contributed by atoms with Crippen LogP contribution < -0.4 is 0 Å². The van der Waals surface area contributed by atoms with E-state index in [0.29, 0.717) is 6.42 Å². The second-order valence-electron chi connectivity index (χ2n) is 10.6. The Morgan fingerprint density at radius 3 is 2.54 bits per heavy atom. The van der Waals surface area contributed by atoms with Crippen LogP contribution in [0.25, 0.3) is 0 Å². The number of likely N-dealkylation sites (tertiary alicyclic amines) is 1. The third-order valence-corrected chi connectivity index (χ3v) is 7.26. The smallest absolute Gasteiger partial charge is 0.226 e. The van der Waals surface area contributed by atoms with Crippen LogP contribution in [0.4, 0.5) is 0 Å². The molecule has 35 heavy (non-hydrogen) atoms. The number of piperidine rings is 1. The minimum absolute atomic E-state index is 0.00554. The highest BCUT2D eigenvalue weighted by atomic mass is 16.2. The van der Waals surface area contributed by atoms with Crippen molar-refractivity contribution in [3.05, 3.63) is 84.4 Å². The van der Waals surface area contributed by atoms with Crippen molar-refractivity contribution in [1.82, 2.24) is 24.8 Å². The molecule has 2 aliphatic carbocycles. The van der Waals surface area contributed by atoms with Crippen molar-refractivity contribution < 1.29 is 4.79 Å². The first kappa shape index (κ1) is 25.1. The van der Waals surface area contributed by atoms with E-state index < -0.39 is 0 Å². The zero-order chi connectivity index (χ0) is 24.9. The van der Waals surface area contributed by atoms with Crippen molar-refractivity contribution in [2.24, 2.45) is 5.41 Å². The standard InChI is InChI=1S/C29H39N5O/c1-5-27(35)34(25-9-7-15-28(2,3)17-11-25)26-13-21-32(22-14-26)20-12-24-8-6-16-29(4,18-10-24)33-23-19-30-31-33/h6-11,15-19,23,26H,5,12-14,20-22H2,1-4H3. The predicted molar refractivity (Wildman–Crippen MR) is 141 cm³/mol. The maximum absolute atomic E-state index is 13.0. The molecule has 1 aliphatic heterocycles. The summed E-state index contributed by atoms with van der Waals surface area (Å²) >= 11 is 0. The van der Waals surface area contributed by atoms with Gasteiger partial charge in [-0.2, -0.15) is 0 Å². The van der Waals surface area contributed by atoms with Gasteiger partial charge in [-0.05, 0) is 43.9 Å². The summed E-state index contributed by atoms with van der Waals surface area (Å²) in [6.07, 6.45) is 28.8. The van der Waals surface area contributed by atoms with Gasteiger partial charge in [0.2, 0.25) is 5.91 Å². The van der Waals surface area contributed by atoms with E-state index in [9.17, 15) is 4.79 Å². The number of carbonyl (C=O) groups is 1. The normalized spacial score (nSPS) is 24.6. The molecule has 0 bridgehead atoms. The minimum atomic E-state index is -0.298. The largest absolute Gasteiger partial charge is 0.309 e. The van der Waals surface area contributed by atoms with Gasteiger partial charge in [0.05, 0.1) is 11.7 Å². The fraction of sp³-hybridized carbons (Fsp3) is 0.483. The van der Waals surface area contributed by atoms with E-state index in [4.69, 9.17) is 0 Å². The van der Waals surface area contributed by atoms with Crippen molar-refractivity contribution in [3.63, 3.8) is 0 Å². The molecule has 1 aromatic rings. The summed E-state index contributed by atoms with van der Waals surface area (Å²) in [5, 5.41) is 8.13. The first-order chi connectivity index (χ1) is 16.8. The summed E-state index contributed by atoms with van der Waals surface area (Å²) in [5.41, 5.74) is 2.05. The Morgan fingerprint density at radius 1 is 1.06 bits per heavy atom. The van der Waals surface area contributed by atoms with E-state index in [1.54, 1.807) is 6.20 Å². The summed E-state index contributed by atoms with van der Waals surface area (Å²) in [6, 6.07) is 0.257. The van der Waals surface area contributed by atoms with Crippen LogP contribution in [0.1, 0.15) is 53.4 Å². The number of aromatic nitrogens is 3. The molecule has 1 amide bonds. The van der Waals surface area contributed by atoms with Crippen molar-refractivity contribution >= 4 is 5.91 Å². The molecule has 1 atom stereocenters. The molecular formula is C29H39N5O. The van der Waals surface area contributed by atoms with E-state index in [1.807, 2.05) is 17.8 Å². The van der Waals surface area contributed by atoms with Crippen molar-refractivity contribution in [2.75, 3.05) is 19.6 Å². The van der Waals surface area contributed by atoms with Gasteiger partial charge in [-0.15, -0.1) is 5.10 Å². The molecule has 186 valence electrons. The summed E-state index contributed by atoms with van der Waals surface area (Å²) < 4.78 is 1.88. The number of carbonyl (C=O) groups excluding carboxylic acids is 1. The van der Waals surface area contributed by atoms with E-state index >= 15 is 0 Å². The van der Waals surface area contributed by atoms with Crippen LogP contribution >= 0.6 is 0 Å². The van der Waals surface area contributed by atoms with Crippen molar-refractivity contribution in [2.45, 2.75) is 65.0 Å². The van der Waals surface area contributed by atoms with Gasteiger partial charge in [-0.1, -0.05) is 74.6 Å². The lowest BCUT2D eigenvalue weighted by Crippen LogP contribution is -2.46. The second-order valence-corrected chi connectivity index (χ2v) is 10.6. The van der Waals surface area contributed by atoms with E-state index in [-0.39, 0.29) is 22.9 Å². The number of amides is 1. The SMILES string of the molecule is CCC(=O)N(C1=CC=CC(C)(C)C=C1)C1CCN(CCC2=CC=CC(C)(n3ccnn3)C=C2)CC1. The van der Waals surface area contributed by atoms with Gasteiger partial charge in [-0.25, -0.2) is 4.68 Å². The van der Waals surface area contributed by atoms with Gasteiger partial charge in [0.25, 0.3) is 0 Å². The summed E-state index contributed by atoms with van der Waals surface area (Å²) in [6.45, 7) is 11.5. The summed E-state index contributed by atoms with van der Waals surface area (Å²) in [5.74, 6) is 0.212. The van der Waals surface area contributed by atoms with Gasteiger partial charge >= 0.3 is 0 Å². The van der Waals surface area contributed by atoms with Crippen LogP contribution in [-0.4, -0.2) is 56.4 Å². The lowest BCUT2D eigenvalue weighted by molar-refractivity contribution is -0.131. The van der Waals surface area contributed by atoms with Gasteiger partial charge < -0.3 is 9.80 Å². The van der Waals surface area contributed by atoms with E-state index in [0.717, 1.165) is 44.6 Å². The molecule has 1 saturated heterocycles. The minimum Gasteiger partial charge on any atom is -0.309 e. The maximum Gasteiger partial charge on any atom is 0.226 e. The van der Waals surface area contributed by atoms with E-state index in [1.165, 1.54) is 5.57 Å². The average molecular weight is 474 g/mol. The van der Waals surface area contributed by atoms with Crippen LogP contribution in [0.15, 0.2) is 84.4 Å². The predicted octanol–water partition coefficient (Wildman–Crippen LogP) is 5.17. The van der Waals surface area contributed by atoms with Gasteiger partial charge in [-0.3, -0.25) is 4.79 Å². The molecule has 0 saturated carbocycles. The number of hydrogen-bond donors (Lipinski definition) is 0. The lowest BCUT2D eigenvalue weighted by Gasteiger charge is -2.39. The second kappa shape index (κ2) is 10.7. The highest BCUT2D eigenvalue weighted by Crippen LogP contribution is 2.28. The number of nitrogens with zero attached hydrogens (tertiary/aromatic N) is 5. The van der Waals surface area contributed by atoms with Crippen LogP contribution in [0.2, 0.25) is 0 Å². The fourth-order valence-corrected chi connectivity index (χ4v) is 4.92.